The van der Waals surface area contributed by atoms with Crippen molar-refractivity contribution in [2.45, 2.75) is 0 Å². The van der Waals surface area contributed by atoms with E-state index in [0.717, 1.165) is 5.69 Å². The van der Waals surface area contributed by atoms with Crippen LogP contribution in [0, 0.1) is 0 Å². The standard InChI is InChI=1S/C11H10ClN3O/c12-11-5-6-14-15(11)9-3-1-8(2-4-9)10(16)7-13/h1-6H,7,13H2. The van der Waals surface area contributed by atoms with Gasteiger partial charge in [0.25, 0.3) is 0 Å². The Kier molecular flexibility index (Phi) is 3.03. The number of rotatable bonds is 3. The maximum Gasteiger partial charge on any atom is 0.176 e. The number of nitrogens with zero attached hydrogens (tertiary/aromatic N) is 2. The zero-order valence-electron chi connectivity index (χ0n) is 8.43. The summed E-state index contributed by atoms with van der Waals surface area (Å²) in [6.45, 7) is 0.0157. The quantitative estimate of drug-likeness (QED) is 0.824. The average Bonchev–Trinajstić information content (AvgIpc) is 2.75. The van der Waals surface area contributed by atoms with Crippen molar-refractivity contribution in [2.24, 2.45) is 5.73 Å². The summed E-state index contributed by atoms with van der Waals surface area (Å²) in [7, 11) is 0. The molecule has 0 fully saturated rings. The van der Waals surface area contributed by atoms with E-state index in [2.05, 4.69) is 5.10 Å². The highest BCUT2D eigenvalue weighted by Crippen LogP contribution is 2.15. The summed E-state index contributed by atoms with van der Waals surface area (Å²) >= 11 is 5.92. The highest BCUT2D eigenvalue weighted by atomic mass is 35.5. The van der Waals surface area contributed by atoms with E-state index < -0.39 is 0 Å². The van der Waals surface area contributed by atoms with Crippen LogP contribution in [0.3, 0.4) is 0 Å². The van der Waals surface area contributed by atoms with Gasteiger partial charge in [-0.3, -0.25) is 4.79 Å². The maximum absolute atomic E-state index is 11.3. The fourth-order valence-corrected chi connectivity index (χ4v) is 1.58. The zero-order valence-corrected chi connectivity index (χ0v) is 9.19. The summed E-state index contributed by atoms with van der Waals surface area (Å²) in [5.74, 6) is -0.0851. The van der Waals surface area contributed by atoms with Crippen LogP contribution in [0.1, 0.15) is 10.4 Å². The van der Waals surface area contributed by atoms with Crippen LogP contribution in [-0.2, 0) is 0 Å². The molecule has 16 heavy (non-hydrogen) atoms. The van der Waals surface area contributed by atoms with Gasteiger partial charge in [-0.2, -0.15) is 5.10 Å². The monoisotopic (exact) mass is 235 g/mol. The summed E-state index contributed by atoms with van der Waals surface area (Å²) in [6, 6.07) is 8.68. The Morgan fingerprint density at radius 2 is 2.00 bits per heavy atom. The van der Waals surface area contributed by atoms with Crippen LogP contribution < -0.4 is 5.73 Å². The Morgan fingerprint density at radius 3 is 2.50 bits per heavy atom. The molecule has 0 radical (unpaired) electrons. The molecule has 0 atom stereocenters. The highest BCUT2D eigenvalue weighted by molar-refractivity contribution is 6.29. The number of Topliss-reactive ketones (excluding diaryl/α,β-unsaturated/α-hetero) is 1. The Hall–Kier alpha value is -1.65. The number of aromatic nitrogens is 2. The van der Waals surface area contributed by atoms with Gasteiger partial charge >= 0.3 is 0 Å². The molecule has 1 heterocycles. The van der Waals surface area contributed by atoms with Gasteiger partial charge in [0.05, 0.1) is 18.4 Å². The van der Waals surface area contributed by atoms with Gasteiger partial charge in [-0.1, -0.05) is 11.6 Å². The van der Waals surface area contributed by atoms with Crippen LogP contribution in [0.2, 0.25) is 5.15 Å². The van der Waals surface area contributed by atoms with Crippen molar-refractivity contribution in [1.82, 2.24) is 9.78 Å². The molecular formula is C11H10ClN3O. The lowest BCUT2D eigenvalue weighted by molar-refractivity contribution is 0.100. The largest absolute Gasteiger partial charge is 0.324 e. The predicted molar refractivity (Wildman–Crippen MR) is 62.0 cm³/mol. The first-order chi connectivity index (χ1) is 7.72. The molecule has 4 nitrogen and oxygen atoms in total. The first-order valence-corrected chi connectivity index (χ1v) is 5.13. The van der Waals surface area contributed by atoms with Crippen LogP contribution in [0.5, 0.6) is 0 Å². The first-order valence-electron chi connectivity index (χ1n) is 4.75. The molecule has 1 aromatic carbocycles. The van der Waals surface area contributed by atoms with E-state index in [1.165, 1.54) is 0 Å². The third kappa shape index (κ3) is 1.98. The van der Waals surface area contributed by atoms with E-state index in [-0.39, 0.29) is 12.3 Å². The summed E-state index contributed by atoms with van der Waals surface area (Å²) < 4.78 is 1.58. The van der Waals surface area contributed by atoms with Crippen molar-refractivity contribution in [1.29, 1.82) is 0 Å². The average molecular weight is 236 g/mol. The molecule has 0 bridgehead atoms. The maximum atomic E-state index is 11.3. The Morgan fingerprint density at radius 1 is 1.31 bits per heavy atom. The number of benzene rings is 1. The summed E-state index contributed by atoms with van der Waals surface area (Å²) in [5.41, 5.74) is 6.67. The lowest BCUT2D eigenvalue weighted by Crippen LogP contribution is -2.13. The summed E-state index contributed by atoms with van der Waals surface area (Å²) in [6.07, 6.45) is 1.61. The number of nitrogens with two attached hydrogens (primary N) is 1. The second-order valence-electron chi connectivity index (χ2n) is 3.24. The fraction of sp³-hybridized carbons (Fsp3) is 0.0909. The zero-order chi connectivity index (χ0) is 11.5. The minimum atomic E-state index is -0.0851. The molecule has 0 aliphatic heterocycles. The molecule has 5 heteroatoms. The van der Waals surface area contributed by atoms with Crippen LogP contribution in [0.25, 0.3) is 5.69 Å². The molecule has 1 aromatic heterocycles. The predicted octanol–water partition coefficient (Wildman–Crippen LogP) is 1.67. The minimum absolute atomic E-state index is 0.0157. The van der Waals surface area contributed by atoms with Gasteiger partial charge in [0, 0.05) is 5.56 Å². The molecule has 2 aromatic rings. The molecule has 82 valence electrons. The van der Waals surface area contributed by atoms with Crippen molar-refractivity contribution in [3.8, 4) is 5.69 Å². The second-order valence-corrected chi connectivity index (χ2v) is 3.63. The molecule has 2 rings (SSSR count). The Balaban J connectivity index is 2.33. The molecule has 0 amide bonds. The lowest BCUT2D eigenvalue weighted by atomic mass is 10.1. The van der Waals surface area contributed by atoms with E-state index in [4.69, 9.17) is 17.3 Å². The van der Waals surface area contributed by atoms with Gasteiger partial charge in [-0.05, 0) is 30.3 Å². The molecule has 0 saturated heterocycles. The van der Waals surface area contributed by atoms with Crippen LogP contribution in [-0.4, -0.2) is 22.1 Å². The van der Waals surface area contributed by atoms with E-state index >= 15 is 0 Å². The normalized spacial score (nSPS) is 10.4. The highest BCUT2D eigenvalue weighted by Gasteiger charge is 2.05. The number of carbonyl (C=O) groups excluding carboxylic acids is 1. The van der Waals surface area contributed by atoms with Crippen LogP contribution >= 0.6 is 11.6 Å². The van der Waals surface area contributed by atoms with E-state index in [1.54, 1.807) is 41.2 Å². The van der Waals surface area contributed by atoms with Crippen molar-refractivity contribution in [2.75, 3.05) is 6.54 Å². The van der Waals surface area contributed by atoms with Crippen molar-refractivity contribution in [3.05, 3.63) is 47.2 Å². The molecule has 0 aliphatic rings. The first kappa shape index (κ1) is 10.9. The number of hydrogen-bond donors (Lipinski definition) is 1. The topological polar surface area (TPSA) is 60.9 Å². The number of carbonyl (C=O) groups is 1. The van der Waals surface area contributed by atoms with E-state index in [1.807, 2.05) is 0 Å². The molecule has 0 unspecified atom stereocenters. The van der Waals surface area contributed by atoms with Crippen LogP contribution in [0.4, 0.5) is 0 Å². The Labute approximate surface area is 97.6 Å². The van der Waals surface area contributed by atoms with Gasteiger partial charge in [0.2, 0.25) is 0 Å². The molecule has 0 spiro atoms. The number of ketones is 1. The van der Waals surface area contributed by atoms with Gasteiger partial charge in [0.1, 0.15) is 5.15 Å². The van der Waals surface area contributed by atoms with Crippen molar-refractivity contribution >= 4 is 17.4 Å². The Bertz CT molecular complexity index is 504. The lowest BCUT2D eigenvalue weighted by Gasteiger charge is -2.04. The SMILES string of the molecule is NCC(=O)c1ccc(-n2nccc2Cl)cc1. The smallest absolute Gasteiger partial charge is 0.176 e. The van der Waals surface area contributed by atoms with Gasteiger partial charge in [-0.25, -0.2) is 4.68 Å². The number of hydrogen-bond acceptors (Lipinski definition) is 3. The summed E-state index contributed by atoms with van der Waals surface area (Å²) in [4.78, 5) is 11.3. The van der Waals surface area contributed by atoms with Crippen molar-refractivity contribution in [3.63, 3.8) is 0 Å². The third-order valence-corrected chi connectivity index (χ3v) is 2.50. The summed E-state index contributed by atoms with van der Waals surface area (Å²) in [5, 5.41) is 4.58. The van der Waals surface area contributed by atoms with E-state index in [0.29, 0.717) is 10.7 Å². The molecule has 2 N–H and O–H groups in total. The van der Waals surface area contributed by atoms with E-state index in [9.17, 15) is 4.79 Å². The second kappa shape index (κ2) is 4.47. The van der Waals surface area contributed by atoms with Gasteiger partial charge < -0.3 is 5.73 Å². The minimum Gasteiger partial charge on any atom is -0.324 e. The molecular weight excluding hydrogens is 226 g/mol. The van der Waals surface area contributed by atoms with Gasteiger partial charge in [-0.15, -0.1) is 0 Å². The third-order valence-electron chi connectivity index (χ3n) is 2.22. The van der Waals surface area contributed by atoms with Crippen LogP contribution in [0.15, 0.2) is 36.5 Å². The molecule has 0 aliphatic carbocycles. The van der Waals surface area contributed by atoms with Crippen molar-refractivity contribution < 1.29 is 4.79 Å². The van der Waals surface area contributed by atoms with Gasteiger partial charge in [0.15, 0.2) is 5.78 Å². The molecule has 0 saturated carbocycles. The number of halogens is 1. The fourth-order valence-electron chi connectivity index (χ4n) is 1.38.